The van der Waals surface area contributed by atoms with Gasteiger partial charge in [-0.3, -0.25) is 9.80 Å². The maximum absolute atomic E-state index is 9.16. The van der Waals surface area contributed by atoms with Gasteiger partial charge in [0.15, 0.2) is 0 Å². The molecule has 1 rings (SSSR count). The van der Waals surface area contributed by atoms with Gasteiger partial charge < -0.3 is 10.8 Å². The van der Waals surface area contributed by atoms with E-state index >= 15 is 0 Å². The molecule has 2 unspecified atom stereocenters. The SMILES string of the molecule is CCN1CCCC1CN(C)C(CN)CO. The van der Waals surface area contributed by atoms with Crippen molar-refractivity contribution in [3.05, 3.63) is 0 Å². The average molecular weight is 215 g/mol. The summed E-state index contributed by atoms with van der Waals surface area (Å²) in [4.78, 5) is 4.71. The van der Waals surface area contributed by atoms with Crippen LogP contribution in [0.1, 0.15) is 19.8 Å². The minimum Gasteiger partial charge on any atom is -0.395 e. The third-order valence-electron chi connectivity index (χ3n) is 3.51. The van der Waals surface area contributed by atoms with E-state index in [1.165, 1.54) is 19.4 Å². The van der Waals surface area contributed by atoms with Crippen LogP contribution in [-0.4, -0.2) is 66.8 Å². The van der Waals surface area contributed by atoms with E-state index in [9.17, 15) is 0 Å². The van der Waals surface area contributed by atoms with E-state index in [1.807, 2.05) is 0 Å². The summed E-state index contributed by atoms with van der Waals surface area (Å²) in [5, 5.41) is 9.16. The molecule has 0 aromatic rings. The topological polar surface area (TPSA) is 52.7 Å². The van der Waals surface area contributed by atoms with Crippen LogP contribution in [0.3, 0.4) is 0 Å². The smallest absolute Gasteiger partial charge is 0.0599 e. The summed E-state index contributed by atoms with van der Waals surface area (Å²) in [6.07, 6.45) is 2.58. The molecule has 0 aromatic carbocycles. The van der Waals surface area contributed by atoms with Gasteiger partial charge >= 0.3 is 0 Å². The third kappa shape index (κ3) is 3.41. The Morgan fingerprint density at radius 2 is 2.33 bits per heavy atom. The molecule has 4 heteroatoms. The predicted molar refractivity (Wildman–Crippen MR) is 62.8 cm³/mol. The molecule has 0 spiro atoms. The van der Waals surface area contributed by atoms with E-state index in [0.29, 0.717) is 12.6 Å². The highest BCUT2D eigenvalue weighted by atomic mass is 16.3. The van der Waals surface area contributed by atoms with Crippen molar-refractivity contribution in [1.82, 2.24) is 9.80 Å². The van der Waals surface area contributed by atoms with Crippen molar-refractivity contribution >= 4 is 0 Å². The van der Waals surface area contributed by atoms with Gasteiger partial charge in [0.05, 0.1) is 6.61 Å². The Balaban J connectivity index is 2.39. The molecule has 1 saturated heterocycles. The van der Waals surface area contributed by atoms with Gasteiger partial charge in [-0.2, -0.15) is 0 Å². The number of hydrogen-bond acceptors (Lipinski definition) is 4. The summed E-state index contributed by atoms with van der Waals surface area (Å²) in [7, 11) is 2.06. The van der Waals surface area contributed by atoms with Crippen LogP contribution < -0.4 is 5.73 Å². The molecule has 4 nitrogen and oxygen atoms in total. The van der Waals surface area contributed by atoms with Crippen LogP contribution >= 0.6 is 0 Å². The highest BCUT2D eigenvalue weighted by molar-refractivity contribution is 4.82. The fourth-order valence-electron chi connectivity index (χ4n) is 2.39. The number of nitrogens with two attached hydrogens (primary N) is 1. The number of aliphatic hydroxyl groups excluding tert-OH is 1. The number of rotatable bonds is 6. The Bertz CT molecular complexity index is 173. The maximum atomic E-state index is 9.16. The van der Waals surface area contributed by atoms with Crippen LogP contribution in [0.4, 0.5) is 0 Å². The zero-order chi connectivity index (χ0) is 11.3. The minimum absolute atomic E-state index is 0.115. The first-order valence-electron chi connectivity index (χ1n) is 5.98. The Labute approximate surface area is 93.0 Å². The lowest BCUT2D eigenvalue weighted by atomic mass is 10.2. The number of likely N-dealkylation sites (N-methyl/N-ethyl adjacent to an activating group) is 2. The molecule has 0 bridgehead atoms. The first-order chi connectivity index (χ1) is 7.22. The number of likely N-dealkylation sites (tertiary alicyclic amines) is 1. The quantitative estimate of drug-likeness (QED) is 0.640. The Hall–Kier alpha value is -0.160. The summed E-state index contributed by atoms with van der Waals surface area (Å²) < 4.78 is 0. The zero-order valence-corrected chi connectivity index (χ0v) is 10.0. The van der Waals surface area contributed by atoms with Crippen molar-refractivity contribution in [3.63, 3.8) is 0 Å². The first-order valence-corrected chi connectivity index (χ1v) is 5.98. The van der Waals surface area contributed by atoms with Crippen LogP contribution in [0.5, 0.6) is 0 Å². The standard InChI is InChI=1S/C11H25N3O/c1-3-14-6-4-5-10(14)8-13(2)11(7-12)9-15/h10-11,15H,3-9,12H2,1-2H3. The second-order valence-corrected chi connectivity index (χ2v) is 4.44. The summed E-state index contributed by atoms with van der Waals surface area (Å²) >= 11 is 0. The van der Waals surface area contributed by atoms with Crippen molar-refractivity contribution < 1.29 is 5.11 Å². The molecule has 90 valence electrons. The fraction of sp³-hybridized carbons (Fsp3) is 1.00. The number of hydrogen-bond donors (Lipinski definition) is 2. The highest BCUT2D eigenvalue weighted by Crippen LogP contribution is 2.17. The third-order valence-corrected chi connectivity index (χ3v) is 3.51. The van der Waals surface area contributed by atoms with E-state index in [0.717, 1.165) is 13.1 Å². The lowest BCUT2D eigenvalue weighted by molar-refractivity contribution is 0.120. The lowest BCUT2D eigenvalue weighted by Crippen LogP contribution is -2.47. The molecule has 1 aliphatic rings. The molecular formula is C11H25N3O. The highest BCUT2D eigenvalue weighted by Gasteiger charge is 2.25. The zero-order valence-electron chi connectivity index (χ0n) is 10.0. The summed E-state index contributed by atoms with van der Waals surface area (Å²) in [5.41, 5.74) is 5.61. The molecule has 15 heavy (non-hydrogen) atoms. The molecule has 0 saturated carbocycles. The van der Waals surface area contributed by atoms with Crippen molar-refractivity contribution in [2.24, 2.45) is 5.73 Å². The normalized spacial score (nSPS) is 25.0. The van der Waals surface area contributed by atoms with Crippen LogP contribution in [0.25, 0.3) is 0 Å². The van der Waals surface area contributed by atoms with Gasteiger partial charge in [-0.1, -0.05) is 6.92 Å². The number of nitrogens with zero attached hydrogens (tertiary/aromatic N) is 2. The van der Waals surface area contributed by atoms with Gasteiger partial charge in [0.25, 0.3) is 0 Å². The summed E-state index contributed by atoms with van der Waals surface area (Å²) in [5.74, 6) is 0. The van der Waals surface area contributed by atoms with Gasteiger partial charge in [-0.25, -0.2) is 0 Å². The van der Waals surface area contributed by atoms with Crippen molar-refractivity contribution in [2.45, 2.75) is 31.8 Å². The van der Waals surface area contributed by atoms with Gasteiger partial charge in [-0.05, 0) is 33.0 Å². The molecule has 1 heterocycles. The van der Waals surface area contributed by atoms with Gasteiger partial charge in [0, 0.05) is 25.2 Å². The predicted octanol–water partition coefficient (Wildman–Crippen LogP) is -0.278. The summed E-state index contributed by atoms with van der Waals surface area (Å²) in [6.45, 7) is 6.28. The Kier molecular flexibility index (Phi) is 5.53. The molecule has 2 atom stereocenters. The maximum Gasteiger partial charge on any atom is 0.0599 e. The van der Waals surface area contributed by atoms with E-state index in [2.05, 4.69) is 23.8 Å². The van der Waals surface area contributed by atoms with Crippen LogP contribution in [0, 0.1) is 0 Å². The average Bonchev–Trinajstić information content (AvgIpc) is 2.67. The Morgan fingerprint density at radius 3 is 2.87 bits per heavy atom. The van der Waals surface area contributed by atoms with Crippen LogP contribution in [0.2, 0.25) is 0 Å². The van der Waals surface area contributed by atoms with Gasteiger partial charge in [0.1, 0.15) is 0 Å². The molecule has 1 fully saturated rings. The monoisotopic (exact) mass is 215 g/mol. The van der Waals surface area contributed by atoms with Crippen molar-refractivity contribution in [3.8, 4) is 0 Å². The van der Waals surface area contributed by atoms with E-state index in [1.54, 1.807) is 0 Å². The van der Waals surface area contributed by atoms with E-state index in [-0.39, 0.29) is 12.6 Å². The van der Waals surface area contributed by atoms with E-state index in [4.69, 9.17) is 10.8 Å². The van der Waals surface area contributed by atoms with Gasteiger partial charge in [-0.15, -0.1) is 0 Å². The van der Waals surface area contributed by atoms with Gasteiger partial charge in [0.2, 0.25) is 0 Å². The lowest BCUT2D eigenvalue weighted by Gasteiger charge is -2.31. The number of aliphatic hydroxyl groups is 1. The second kappa shape index (κ2) is 6.43. The Morgan fingerprint density at radius 1 is 1.60 bits per heavy atom. The second-order valence-electron chi connectivity index (χ2n) is 4.44. The van der Waals surface area contributed by atoms with Crippen molar-refractivity contribution in [2.75, 3.05) is 39.8 Å². The fourth-order valence-corrected chi connectivity index (χ4v) is 2.39. The molecule has 1 aliphatic heterocycles. The molecule has 0 aromatic heterocycles. The molecule has 0 amide bonds. The largest absolute Gasteiger partial charge is 0.395 e. The molecule has 0 aliphatic carbocycles. The van der Waals surface area contributed by atoms with E-state index < -0.39 is 0 Å². The molecule has 0 radical (unpaired) electrons. The first kappa shape index (κ1) is 12.9. The summed E-state index contributed by atoms with van der Waals surface area (Å²) in [6, 6.07) is 0.768. The van der Waals surface area contributed by atoms with Crippen molar-refractivity contribution in [1.29, 1.82) is 0 Å². The molecule has 3 N–H and O–H groups in total. The van der Waals surface area contributed by atoms with Crippen LogP contribution in [-0.2, 0) is 0 Å². The minimum atomic E-state index is 0.115. The van der Waals surface area contributed by atoms with Crippen LogP contribution in [0.15, 0.2) is 0 Å². The molecular weight excluding hydrogens is 190 g/mol.